The quantitative estimate of drug-likeness (QED) is 0.0690. The molecule has 302 valence electrons. The molecule has 0 aliphatic rings. The zero-order chi connectivity index (χ0) is 42.1. The number of nitrogens with zero attached hydrogens (tertiary/aromatic N) is 4. The van der Waals surface area contributed by atoms with Crippen LogP contribution in [0.1, 0.15) is 0 Å². The van der Waals surface area contributed by atoms with Gasteiger partial charge in [0.25, 0.3) is 30.4 Å². The number of phenolic OH excluding ortho intramolecular Hbond substituents is 1. The Kier molecular flexibility index (Phi) is 12.5. The molecule has 0 amide bonds. The summed E-state index contributed by atoms with van der Waals surface area (Å²) in [7, 11) is -28.6. The minimum absolute atomic E-state index is 0.153. The van der Waals surface area contributed by atoms with Crippen molar-refractivity contribution in [1.29, 1.82) is 0 Å². The van der Waals surface area contributed by atoms with Crippen molar-refractivity contribution in [2.24, 2.45) is 20.5 Å². The molecule has 0 radical (unpaired) electrons. The van der Waals surface area contributed by atoms with Gasteiger partial charge < -0.3 is 10.4 Å². The van der Waals surface area contributed by atoms with Crippen molar-refractivity contribution in [1.82, 2.24) is 0 Å². The van der Waals surface area contributed by atoms with Gasteiger partial charge >= 0.3 is 10.4 Å². The van der Waals surface area contributed by atoms with Gasteiger partial charge in [0.05, 0.1) is 33.5 Å². The van der Waals surface area contributed by atoms with Crippen LogP contribution in [0.5, 0.6) is 5.75 Å². The minimum Gasteiger partial charge on any atom is -0.505 e. The van der Waals surface area contributed by atoms with Gasteiger partial charge in [0.15, 0.2) is 25.4 Å². The van der Waals surface area contributed by atoms with Crippen molar-refractivity contribution in [3.63, 3.8) is 0 Å². The molecule has 29 heteroatoms. The van der Waals surface area contributed by atoms with Gasteiger partial charge in [-0.15, -0.1) is 15.3 Å². The first-order valence-electron chi connectivity index (χ1n) is 14.4. The summed E-state index contributed by atoms with van der Waals surface area (Å²) >= 11 is 0. The fraction of sp³-hybridized carbons (Fsp3) is 0.111. The van der Waals surface area contributed by atoms with E-state index in [0.29, 0.717) is 17.5 Å². The number of fused-ring (bicyclic) bond motifs is 1. The molecule has 0 saturated carbocycles. The van der Waals surface area contributed by atoms with Gasteiger partial charge in [-0.25, -0.2) is 21.0 Å². The number of nitrogens with one attached hydrogen (secondary N) is 1. The first-order valence-corrected chi connectivity index (χ1v) is 23.4. The Labute approximate surface area is 318 Å². The van der Waals surface area contributed by atoms with Crippen LogP contribution in [0.25, 0.3) is 10.8 Å². The average Bonchev–Trinajstić information content (AvgIpc) is 3.07. The summed E-state index contributed by atoms with van der Waals surface area (Å²) in [5.41, 5.74) is -2.71. The van der Waals surface area contributed by atoms with E-state index in [1.165, 1.54) is 0 Å². The van der Waals surface area contributed by atoms with Crippen LogP contribution in [0.4, 0.5) is 28.4 Å². The van der Waals surface area contributed by atoms with Crippen LogP contribution in [0.15, 0.2) is 113 Å². The van der Waals surface area contributed by atoms with E-state index >= 15 is 0 Å². The highest BCUT2D eigenvalue weighted by Gasteiger charge is 2.26. The molecule has 4 rings (SSSR count). The molecule has 0 aliphatic carbocycles. The van der Waals surface area contributed by atoms with E-state index in [2.05, 4.69) is 36.5 Å². The molecular weight excluding hydrogens is 875 g/mol. The largest absolute Gasteiger partial charge is 0.505 e. The molecule has 0 aromatic heterocycles. The molecule has 0 unspecified atom stereocenters. The van der Waals surface area contributed by atoms with Crippen molar-refractivity contribution >= 4 is 99.6 Å². The second kappa shape index (κ2) is 16.0. The SMILES string of the molecule is C=CS(=O)(=O)c1ccc(N=Nc2c(NCS(=O)(=O)O)ccc3c(O)c(N=Nc4ccc(S(=O)(=O)CCOS(=O)(=O)O)cc4)c(S(=O)(=O)O)cc23)c(S(=O)(=O)O)c1. The lowest BCUT2D eigenvalue weighted by Gasteiger charge is -2.14. The predicted molar refractivity (Wildman–Crippen MR) is 193 cm³/mol. The zero-order valence-electron chi connectivity index (χ0n) is 27.5. The number of phenols is 1. The maximum Gasteiger partial charge on any atom is 0.397 e. The number of benzene rings is 4. The smallest absolute Gasteiger partial charge is 0.397 e. The van der Waals surface area contributed by atoms with E-state index in [0.717, 1.165) is 48.5 Å². The highest BCUT2D eigenvalue weighted by Crippen LogP contribution is 2.47. The van der Waals surface area contributed by atoms with Crippen LogP contribution in [0.3, 0.4) is 0 Å². The lowest BCUT2D eigenvalue weighted by molar-refractivity contribution is 0.284. The average molecular weight is 900 g/mol. The first kappa shape index (κ1) is 43.9. The van der Waals surface area contributed by atoms with E-state index in [1.807, 2.05) is 0 Å². The lowest BCUT2D eigenvalue weighted by atomic mass is 10.1. The standard InChI is InChI=1S/C27H25N5O18S6/c1-2-51(34,35)18-7-9-21(23(13-18)54(41,42)43)30-31-25-20-14-24(55(44,45)46)26(27(33)19(20)8-10-22(25)28-15-53(38,39)40)32-29-16-3-5-17(6-4-16)52(36,37)12-11-50-56(47,48)49/h2-10,13-14,28,33H,1,11-12,15H2,(H,38,39,40)(H,41,42,43)(H,44,45,46)(H,47,48,49). The summed E-state index contributed by atoms with van der Waals surface area (Å²) in [4.78, 5) is -3.22. The molecule has 4 aromatic rings. The number of anilines is 1. The van der Waals surface area contributed by atoms with Crippen LogP contribution in [-0.2, 0) is 64.6 Å². The Hall–Kier alpha value is -4.82. The molecule has 56 heavy (non-hydrogen) atoms. The van der Waals surface area contributed by atoms with E-state index in [-0.39, 0.29) is 21.7 Å². The fourth-order valence-corrected chi connectivity index (χ4v) is 8.40. The Balaban J connectivity index is 1.89. The Morgan fingerprint density at radius 1 is 0.661 bits per heavy atom. The number of aromatic hydroxyl groups is 1. The Morgan fingerprint density at radius 3 is 1.80 bits per heavy atom. The molecule has 23 nitrogen and oxygen atoms in total. The van der Waals surface area contributed by atoms with Gasteiger partial charge in [-0.3, -0.25) is 18.2 Å². The second-order valence-corrected chi connectivity index (χ2v) is 20.1. The monoisotopic (exact) mass is 899 g/mol. The summed E-state index contributed by atoms with van der Waals surface area (Å²) in [5.74, 6) is -3.06. The molecule has 0 atom stereocenters. The van der Waals surface area contributed by atoms with E-state index in [1.54, 1.807) is 0 Å². The first-order chi connectivity index (χ1) is 25.6. The maximum absolute atomic E-state index is 12.6. The Morgan fingerprint density at radius 2 is 1.25 bits per heavy atom. The molecule has 0 bridgehead atoms. The van der Waals surface area contributed by atoms with Crippen molar-refractivity contribution in [2.75, 3.05) is 23.6 Å². The third kappa shape index (κ3) is 10.9. The highest BCUT2D eigenvalue weighted by molar-refractivity contribution is 7.94. The van der Waals surface area contributed by atoms with Crippen LogP contribution in [0, 0.1) is 0 Å². The molecule has 0 spiro atoms. The molecule has 6 N–H and O–H groups in total. The third-order valence-electron chi connectivity index (χ3n) is 6.99. The van der Waals surface area contributed by atoms with Gasteiger partial charge in [0, 0.05) is 16.2 Å². The van der Waals surface area contributed by atoms with Crippen LogP contribution in [0.2, 0.25) is 0 Å². The van der Waals surface area contributed by atoms with Crippen molar-refractivity contribution < 1.29 is 78.0 Å². The maximum atomic E-state index is 12.6. The van der Waals surface area contributed by atoms with E-state index in [4.69, 9.17) is 4.55 Å². The summed E-state index contributed by atoms with van der Waals surface area (Å²) in [6.45, 7) is 2.20. The van der Waals surface area contributed by atoms with Crippen molar-refractivity contribution in [3.05, 3.63) is 72.7 Å². The predicted octanol–water partition coefficient (Wildman–Crippen LogP) is 3.64. The number of hydrogen-bond acceptors (Lipinski definition) is 19. The number of sulfone groups is 2. The zero-order valence-corrected chi connectivity index (χ0v) is 32.4. The van der Waals surface area contributed by atoms with Gasteiger partial charge in [0.1, 0.15) is 32.7 Å². The Bertz CT molecular complexity index is 2990. The normalized spacial score (nSPS) is 13.4. The number of rotatable bonds is 16. The van der Waals surface area contributed by atoms with Gasteiger partial charge in [-0.2, -0.15) is 38.8 Å². The van der Waals surface area contributed by atoms with Gasteiger partial charge in [-0.1, -0.05) is 6.58 Å². The lowest BCUT2D eigenvalue weighted by Crippen LogP contribution is -2.15. The van der Waals surface area contributed by atoms with Crippen molar-refractivity contribution in [3.8, 4) is 5.75 Å². The fourth-order valence-electron chi connectivity index (χ4n) is 4.47. The minimum atomic E-state index is -5.35. The molecule has 0 fully saturated rings. The summed E-state index contributed by atoms with van der Waals surface area (Å²) in [5, 5.41) is 28.2. The third-order valence-corrected chi connectivity index (χ3v) is 12.8. The summed E-state index contributed by atoms with van der Waals surface area (Å²) < 4.78 is 185. The number of azo groups is 2. The molecule has 0 aliphatic heterocycles. The van der Waals surface area contributed by atoms with Crippen LogP contribution < -0.4 is 5.32 Å². The topological polar surface area (TPSA) is 377 Å². The molecular formula is C27H25N5O18S6. The van der Waals surface area contributed by atoms with Gasteiger partial charge in [0.2, 0.25) is 0 Å². The van der Waals surface area contributed by atoms with E-state index < -0.39 is 122 Å². The van der Waals surface area contributed by atoms with E-state index in [9.17, 15) is 69.3 Å². The summed E-state index contributed by atoms with van der Waals surface area (Å²) in [6, 6.07) is 9.10. The summed E-state index contributed by atoms with van der Waals surface area (Å²) in [6.07, 6.45) is 0. The van der Waals surface area contributed by atoms with Gasteiger partial charge in [-0.05, 0) is 60.7 Å². The van der Waals surface area contributed by atoms with Crippen molar-refractivity contribution in [2.45, 2.75) is 19.6 Å². The van der Waals surface area contributed by atoms with Crippen LogP contribution in [-0.4, -0.2) is 92.1 Å². The molecule has 0 heterocycles. The highest BCUT2D eigenvalue weighted by atomic mass is 32.3. The second-order valence-electron chi connectivity index (χ2n) is 10.8. The number of hydrogen-bond donors (Lipinski definition) is 6. The van der Waals surface area contributed by atoms with Crippen LogP contribution >= 0.6 is 0 Å². The molecule has 4 aromatic carbocycles. The molecule has 0 saturated heterocycles.